The van der Waals surface area contributed by atoms with E-state index in [9.17, 15) is 14.0 Å². The van der Waals surface area contributed by atoms with E-state index < -0.39 is 0 Å². The summed E-state index contributed by atoms with van der Waals surface area (Å²) in [5.74, 6) is -0.0114. The molecule has 138 valence electrons. The summed E-state index contributed by atoms with van der Waals surface area (Å²) in [5.41, 5.74) is 0. The van der Waals surface area contributed by atoms with Gasteiger partial charge in [-0.25, -0.2) is 4.39 Å². The number of piperidine rings is 1. The van der Waals surface area contributed by atoms with Gasteiger partial charge in [-0.2, -0.15) is 0 Å². The standard InChI is InChI=1S/C19H21FN2O3S/c20-15-5-7-16(8-6-15)25-11-9-21-18(23)14-3-1-10-22(13-14)19(24)17-4-2-12-26-17/h2,4-8,12,14H,1,3,9-11,13H2,(H,21,23). The number of benzene rings is 1. The molecule has 1 aromatic heterocycles. The van der Waals surface area contributed by atoms with Gasteiger partial charge in [-0.15, -0.1) is 11.3 Å². The number of likely N-dealkylation sites (tertiary alicyclic amines) is 1. The van der Waals surface area contributed by atoms with E-state index in [1.165, 1.54) is 23.5 Å². The molecule has 26 heavy (non-hydrogen) atoms. The molecule has 2 amide bonds. The summed E-state index contributed by atoms with van der Waals surface area (Å²) in [6, 6.07) is 9.42. The summed E-state index contributed by atoms with van der Waals surface area (Å²) in [4.78, 5) is 27.3. The predicted molar refractivity (Wildman–Crippen MR) is 97.9 cm³/mol. The van der Waals surface area contributed by atoms with Gasteiger partial charge in [-0.1, -0.05) is 6.07 Å². The van der Waals surface area contributed by atoms with E-state index >= 15 is 0 Å². The van der Waals surface area contributed by atoms with Crippen molar-refractivity contribution in [1.29, 1.82) is 0 Å². The van der Waals surface area contributed by atoms with Crippen LogP contribution in [0.25, 0.3) is 0 Å². The highest BCUT2D eigenvalue weighted by Crippen LogP contribution is 2.20. The summed E-state index contributed by atoms with van der Waals surface area (Å²) in [5, 5.41) is 4.73. The van der Waals surface area contributed by atoms with Crippen LogP contribution in [0.3, 0.4) is 0 Å². The molecular weight excluding hydrogens is 355 g/mol. The zero-order valence-electron chi connectivity index (χ0n) is 14.3. The van der Waals surface area contributed by atoms with Crippen LogP contribution in [-0.2, 0) is 4.79 Å². The van der Waals surface area contributed by atoms with Gasteiger partial charge in [0, 0.05) is 13.1 Å². The Morgan fingerprint density at radius 2 is 2.08 bits per heavy atom. The molecule has 0 spiro atoms. The number of nitrogens with one attached hydrogen (secondary N) is 1. The number of ether oxygens (including phenoxy) is 1. The Labute approximate surface area is 155 Å². The van der Waals surface area contributed by atoms with Crippen LogP contribution in [0.2, 0.25) is 0 Å². The maximum Gasteiger partial charge on any atom is 0.263 e. The third-order valence-electron chi connectivity index (χ3n) is 4.30. The van der Waals surface area contributed by atoms with Crippen molar-refractivity contribution >= 4 is 23.2 Å². The molecular formula is C19H21FN2O3S. The average molecular weight is 376 g/mol. The fraction of sp³-hybridized carbons (Fsp3) is 0.368. The smallest absolute Gasteiger partial charge is 0.263 e. The van der Waals surface area contributed by atoms with Crippen LogP contribution in [0.15, 0.2) is 41.8 Å². The monoisotopic (exact) mass is 376 g/mol. The Bertz CT molecular complexity index is 734. The molecule has 2 aromatic rings. The highest BCUT2D eigenvalue weighted by atomic mass is 32.1. The molecule has 1 atom stereocenters. The SMILES string of the molecule is O=C(NCCOc1ccc(F)cc1)C1CCCN(C(=O)c2cccs2)C1. The number of rotatable bonds is 6. The van der Waals surface area contributed by atoms with E-state index in [2.05, 4.69) is 5.32 Å². The molecule has 7 heteroatoms. The first-order valence-corrected chi connectivity index (χ1v) is 9.50. The zero-order valence-corrected chi connectivity index (χ0v) is 15.1. The second kappa shape index (κ2) is 8.80. The minimum atomic E-state index is -0.315. The van der Waals surface area contributed by atoms with Crippen molar-refractivity contribution in [2.24, 2.45) is 5.92 Å². The van der Waals surface area contributed by atoms with Crippen molar-refractivity contribution in [3.63, 3.8) is 0 Å². The number of carbonyl (C=O) groups excluding carboxylic acids is 2. The third kappa shape index (κ3) is 4.82. The van der Waals surface area contributed by atoms with Crippen molar-refractivity contribution in [2.75, 3.05) is 26.2 Å². The number of hydrogen-bond donors (Lipinski definition) is 1. The van der Waals surface area contributed by atoms with Gasteiger partial charge in [0.2, 0.25) is 5.91 Å². The molecule has 1 aliphatic heterocycles. The molecule has 1 N–H and O–H groups in total. The Morgan fingerprint density at radius 1 is 1.27 bits per heavy atom. The lowest BCUT2D eigenvalue weighted by Gasteiger charge is -2.31. The molecule has 1 saturated heterocycles. The van der Waals surface area contributed by atoms with Crippen LogP contribution >= 0.6 is 11.3 Å². The number of carbonyl (C=O) groups is 2. The van der Waals surface area contributed by atoms with Crippen LogP contribution < -0.4 is 10.1 Å². The maximum atomic E-state index is 12.8. The zero-order chi connectivity index (χ0) is 18.4. The second-order valence-corrected chi connectivity index (χ2v) is 7.11. The van der Waals surface area contributed by atoms with E-state index in [0.29, 0.717) is 36.9 Å². The van der Waals surface area contributed by atoms with Crippen LogP contribution in [-0.4, -0.2) is 43.0 Å². The number of amides is 2. The van der Waals surface area contributed by atoms with Gasteiger partial charge in [-0.05, 0) is 48.6 Å². The molecule has 1 fully saturated rings. The maximum absolute atomic E-state index is 12.8. The summed E-state index contributed by atoms with van der Waals surface area (Å²) in [6.07, 6.45) is 1.60. The summed E-state index contributed by atoms with van der Waals surface area (Å²) in [6.45, 7) is 1.81. The molecule has 0 radical (unpaired) electrons. The first kappa shape index (κ1) is 18.4. The van der Waals surface area contributed by atoms with Crippen LogP contribution in [0.5, 0.6) is 5.75 Å². The lowest BCUT2D eigenvalue weighted by atomic mass is 9.97. The van der Waals surface area contributed by atoms with Crippen molar-refractivity contribution in [2.45, 2.75) is 12.8 Å². The fourth-order valence-electron chi connectivity index (χ4n) is 2.95. The minimum Gasteiger partial charge on any atom is -0.492 e. The second-order valence-electron chi connectivity index (χ2n) is 6.16. The lowest BCUT2D eigenvalue weighted by Crippen LogP contribution is -2.45. The summed E-state index contributed by atoms with van der Waals surface area (Å²) in [7, 11) is 0. The first-order chi connectivity index (χ1) is 12.6. The number of thiophene rings is 1. The fourth-order valence-corrected chi connectivity index (χ4v) is 3.64. The van der Waals surface area contributed by atoms with E-state index in [4.69, 9.17) is 4.74 Å². The van der Waals surface area contributed by atoms with Crippen molar-refractivity contribution in [3.05, 3.63) is 52.5 Å². The molecule has 1 aliphatic rings. The highest BCUT2D eigenvalue weighted by molar-refractivity contribution is 7.12. The quantitative estimate of drug-likeness (QED) is 0.789. The third-order valence-corrected chi connectivity index (χ3v) is 5.15. The van der Waals surface area contributed by atoms with E-state index in [1.54, 1.807) is 17.0 Å². The van der Waals surface area contributed by atoms with Crippen LogP contribution in [0.4, 0.5) is 4.39 Å². The largest absolute Gasteiger partial charge is 0.492 e. The van der Waals surface area contributed by atoms with Gasteiger partial charge >= 0.3 is 0 Å². The van der Waals surface area contributed by atoms with Crippen molar-refractivity contribution in [1.82, 2.24) is 10.2 Å². The molecule has 3 rings (SSSR count). The highest BCUT2D eigenvalue weighted by Gasteiger charge is 2.29. The van der Waals surface area contributed by atoms with E-state index in [-0.39, 0.29) is 23.5 Å². The molecule has 5 nitrogen and oxygen atoms in total. The van der Waals surface area contributed by atoms with Gasteiger partial charge < -0.3 is 15.0 Å². The van der Waals surface area contributed by atoms with Crippen molar-refractivity contribution < 1.29 is 18.7 Å². The van der Waals surface area contributed by atoms with Gasteiger partial charge in [0.1, 0.15) is 18.2 Å². The van der Waals surface area contributed by atoms with Crippen LogP contribution in [0.1, 0.15) is 22.5 Å². The van der Waals surface area contributed by atoms with Gasteiger partial charge in [0.25, 0.3) is 5.91 Å². The summed E-state index contributed by atoms with van der Waals surface area (Å²) < 4.78 is 18.3. The molecule has 2 heterocycles. The normalized spacial score (nSPS) is 17.0. The van der Waals surface area contributed by atoms with E-state index in [0.717, 1.165) is 12.8 Å². The Hall–Kier alpha value is -2.41. The van der Waals surface area contributed by atoms with Crippen molar-refractivity contribution in [3.8, 4) is 5.75 Å². The lowest BCUT2D eigenvalue weighted by molar-refractivity contribution is -0.126. The predicted octanol–water partition coefficient (Wildman–Crippen LogP) is 2.93. The minimum absolute atomic E-state index is 0.00265. The average Bonchev–Trinajstić information content (AvgIpc) is 3.21. The van der Waals surface area contributed by atoms with Gasteiger partial charge in [-0.3, -0.25) is 9.59 Å². The van der Waals surface area contributed by atoms with Gasteiger partial charge in [0.15, 0.2) is 0 Å². The van der Waals surface area contributed by atoms with Crippen LogP contribution in [0, 0.1) is 11.7 Å². The Kier molecular flexibility index (Phi) is 6.22. The number of halogens is 1. The molecule has 0 aliphatic carbocycles. The van der Waals surface area contributed by atoms with Gasteiger partial charge in [0.05, 0.1) is 17.3 Å². The Morgan fingerprint density at radius 3 is 2.81 bits per heavy atom. The first-order valence-electron chi connectivity index (χ1n) is 8.62. The molecule has 1 aromatic carbocycles. The molecule has 0 saturated carbocycles. The summed E-state index contributed by atoms with van der Waals surface area (Å²) >= 11 is 1.42. The number of hydrogen-bond acceptors (Lipinski definition) is 4. The van der Waals surface area contributed by atoms with E-state index in [1.807, 2.05) is 17.5 Å². The molecule has 1 unspecified atom stereocenters. The Balaban J connectivity index is 1.42. The number of nitrogens with zero attached hydrogens (tertiary/aromatic N) is 1. The molecule has 0 bridgehead atoms. The topological polar surface area (TPSA) is 58.6 Å².